The van der Waals surface area contributed by atoms with Gasteiger partial charge in [0.1, 0.15) is 0 Å². The minimum Gasteiger partial charge on any atom is -0.374 e. The highest BCUT2D eigenvalue weighted by Gasteiger charge is 2.18. The van der Waals surface area contributed by atoms with Gasteiger partial charge in [-0.3, -0.25) is 0 Å². The van der Waals surface area contributed by atoms with Crippen molar-refractivity contribution < 1.29 is 0 Å². The summed E-state index contributed by atoms with van der Waals surface area (Å²) in [4.78, 5) is 4.81. The molecule has 1 aromatic carbocycles. The Labute approximate surface area is 123 Å². The van der Waals surface area contributed by atoms with Crippen molar-refractivity contribution in [2.75, 3.05) is 38.6 Å². The van der Waals surface area contributed by atoms with Gasteiger partial charge >= 0.3 is 0 Å². The van der Waals surface area contributed by atoms with Crippen molar-refractivity contribution >= 4 is 5.69 Å². The second-order valence-electron chi connectivity index (χ2n) is 6.23. The lowest BCUT2D eigenvalue weighted by Gasteiger charge is -2.32. The third-order valence-electron chi connectivity index (χ3n) is 4.57. The summed E-state index contributed by atoms with van der Waals surface area (Å²) < 4.78 is 0. The Morgan fingerprint density at radius 3 is 2.40 bits per heavy atom. The van der Waals surface area contributed by atoms with Crippen molar-refractivity contribution in [3.63, 3.8) is 0 Å². The Balaban J connectivity index is 1.90. The monoisotopic (exact) mass is 275 g/mol. The molecule has 2 rings (SSSR count). The van der Waals surface area contributed by atoms with E-state index < -0.39 is 0 Å². The van der Waals surface area contributed by atoms with Crippen LogP contribution >= 0.6 is 0 Å². The fraction of sp³-hybridized carbons (Fsp3) is 0.647. The predicted molar refractivity (Wildman–Crippen MR) is 87.2 cm³/mol. The summed E-state index contributed by atoms with van der Waals surface area (Å²) >= 11 is 0. The van der Waals surface area contributed by atoms with Gasteiger partial charge in [0.15, 0.2) is 0 Å². The van der Waals surface area contributed by atoms with Gasteiger partial charge in [0.25, 0.3) is 0 Å². The van der Waals surface area contributed by atoms with Gasteiger partial charge in [-0.2, -0.15) is 0 Å². The highest BCUT2D eigenvalue weighted by atomic mass is 15.1. The zero-order valence-corrected chi connectivity index (χ0v) is 13.2. The van der Waals surface area contributed by atoms with E-state index in [2.05, 4.69) is 55.1 Å². The molecule has 1 atom stereocenters. The summed E-state index contributed by atoms with van der Waals surface area (Å²) in [7, 11) is 4.42. The summed E-state index contributed by atoms with van der Waals surface area (Å²) in [6.45, 7) is 5.77. The van der Waals surface area contributed by atoms with Crippen LogP contribution in [-0.2, 0) is 0 Å². The summed E-state index contributed by atoms with van der Waals surface area (Å²) in [5.41, 5.74) is 8.61. The molecule has 0 spiro atoms. The molecule has 1 heterocycles. The van der Waals surface area contributed by atoms with Crippen LogP contribution in [0.15, 0.2) is 24.3 Å². The molecule has 0 bridgehead atoms. The van der Waals surface area contributed by atoms with Crippen LogP contribution in [0.2, 0.25) is 0 Å². The average molecular weight is 275 g/mol. The SMILES string of the molecule is CCC(N)c1ccc(N(C)CC2CCN(C)CC2)cc1. The highest BCUT2D eigenvalue weighted by molar-refractivity contribution is 5.47. The van der Waals surface area contributed by atoms with Gasteiger partial charge in [-0.25, -0.2) is 0 Å². The number of hydrogen-bond donors (Lipinski definition) is 1. The second kappa shape index (κ2) is 7.09. The minimum absolute atomic E-state index is 0.170. The summed E-state index contributed by atoms with van der Waals surface area (Å²) in [5, 5.41) is 0. The maximum absolute atomic E-state index is 6.06. The standard InChI is InChI=1S/C17H29N3/c1-4-17(18)15-5-7-16(8-6-15)20(3)13-14-9-11-19(2)12-10-14/h5-8,14,17H,4,9-13,18H2,1-3H3. The number of rotatable bonds is 5. The van der Waals surface area contributed by atoms with Crippen molar-refractivity contribution in [3.05, 3.63) is 29.8 Å². The van der Waals surface area contributed by atoms with E-state index in [1.807, 2.05) is 0 Å². The Morgan fingerprint density at radius 1 is 1.25 bits per heavy atom. The maximum Gasteiger partial charge on any atom is 0.0363 e. The summed E-state index contributed by atoms with van der Waals surface area (Å²) in [6.07, 6.45) is 3.63. The molecule has 1 aliphatic heterocycles. The first-order valence-electron chi connectivity index (χ1n) is 7.85. The number of piperidine rings is 1. The Bertz CT molecular complexity index is 393. The zero-order valence-electron chi connectivity index (χ0n) is 13.2. The fourth-order valence-electron chi connectivity index (χ4n) is 2.95. The van der Waals surface area contributed by atoms with E-state index in [0.717, 1.165) is 18.9 Å². The second-order valence-corrected chi connectivity index (χ2v) is 6.23. The zero-order chi connectivity index (χ0) is 14.5. The van der Waals surface area contributed by atoms with Crippen LogP contribution in [0.3, 0.4) is 0 Å². The van der Waals surface area contributed by atoms with Crippen molar-refractivity contribution in [2.24, 2.45) is 11.7 Å². The van der Waals surface area contributed by atoms with Gasteiger partial charge in [-0.15, -0.1) is 0 Å². The molecule has 1 saturated heterocycles. The van der Waals surface area contributed by atoms with Gasteiger partial charge in [0, 0.05) is 25.3 Å². The fourth-order valence-corrected chi connectivity index (χ4v) is 2.95. The van der Waals surface area contributed by atoms with E-state index in [-0.39, 0.29) is 6.04 Å². The summed E-state index contributed by atoms with van der Waals surface area (Å²) in [6, 6.07) is 8.94. The van der Waals surface area contributed by atoms with Gasteiger partial charge in [-0.05, 0) is 63.0 Å². The van der Waals surface area contributed by atoms with Crippen molar-refractivity contribution in [1.82, 2.24) is 4.90 Å². The number of anilines is 1. The van der Waals surface area contributed by atoms with Crippen LogP contribution in [0.1, 0.15) is 37.8 Å². The van der Waals surface area contributed by atoms with Crippen LogP contribution < -0.4 is 10.6 Å². The highest BCUT2D eigenvalue weighted by Crippen LogP contribution is 2.22. The molecule has 0 radical (unpaired) electrons. The van der Waals surface area contributed by atoms with Crippen LogP contribution in [0, 0.1) is 5.92 Å². The number of benzene rings is 1. The average Bonchev–Trinajstić information content (AvgIpc) is 2.49. The van der Waals surface area contributed by atoms with Crippen molar-refractivity contribution in [1.29, 1.82) is 0 Å². The Kier molecular flexibility index (Phi) is 5.44. The lowest BCUT2D eigenvalue weighted by Crippen LogP contribution is -2.35. The van der Waals surface area contributed by atoms with E-state index >= 15 is 0 Å². The van der Waals surface area contributed by atoms with Crippen LogP contribution in [0.25, 0.3) is 0 Å². The Hall–Kier alpha value is -1.06. The lowest BCUT2D eigenvalue weighted by molar-refractivity contribution is 0.222. The molecule has 20 heavy (non-hydrogen) atoms. The Morgan fingerprint density at radius 2 is 1.85 bits per heavy atom. The van der Waals surface area contributed by atoms with Gasteiger partial charge < -0.3 is 15.5 Å². The normalized spacial score (nSPS) is 19.0. The molecule has 1 aromatic rings. The molecule has 3 heteroatoms. The first-order chi connectivity index (χ1) is 9.60. The third-order valence-corrected chi connectivity index (χ3v) is 4.57. The van der Waals surface area contributed by atoms with E-state index in [1.54, 1.807) is 0 Å². The molecule has 3 nitrogen and oxygen atoms in total. The van der Waals surface area contributed by atoms with E-state index in [0.29, 0.717) is 0 Å². The molecule has 1 fully saturated rings. The van der Waals surface area contributed by atoms with Gasteiger partial charge in [0.05, 0.1) is 0 Å². The first kappa shape index (κ1) is 15.3. The van der Waals surface area contributed by atoms with Crippen LogP contribution in [0.5, 0.6) is 0 Å². The van der Waals surface area contributed by atoms with Gasteiger partial charge in [-0.1, -0.05) is 19.1 Å². The predicted octanol–water partition coefficient (Wildman–Crippen LogP) is 2.87. The molecular formula is C17H29N3. The maximum atomic E-state index is 6.06. The molecule has 0 aromatic heterocycles. The number of nitrogens with zero attached hydrogens (tertiary/aromatic N) is 2. The molecule has 0 amide bonds. The van der Waals surface area contributed by atoms with Crippen molar-refractivity contribution in [2.45, 2.75) is 32.2 Å². The number of nitrogens with two attached hydrogens (primary N) is 1. The largest absolute Gasteiger partial charge is 0.374 e. The lowest BCUT2D eigenvalue weighted by atomic mass is 9.96. The summed E-state index contributed by atoms with van der Waals surface area (Å²) in [5.74, 6) is 0.828. The minimum atomic E-state index is 0.170. The topological polar surface area (TPSA) is 32.5 Å². The first-order valence-corrected chi connectivity index (χ1v) is 7.85. The van der Waals surface area contributed by atoms with E-state index in [1.165, 1.54) is 37.2 Å². The number of hydrogen-bond acceptors (Lipinski definition) is 3. The van der Waals surface area contributed by atoms with Gasteiger partial charge in [0.2, 0.25) is 0 Å². The molecule has 1 unspecified atom stereocenters. The smallest absolute Gasteiger partial charge is 0.0363 e. The van der Waals surface area contributed by atoms with Crippen LogP contribution in [0.4, 0.5) is 5.69 Å². The van der Waals surface area contributed by atoms with E-state index in [9.17, 15) is 0 Å². The molecule has 0 saturated carbocycles. The van der Waals surface area contributed by atoms with Crippen LogP contribution in [-0.4, -0.2) is 38.6 Å². The molecule has 112 valence electrons. The third kappa shape index (κ3) is 3.97. The number of likely N-dealkylation sites (tertiary alicyclic amines) is 1. The molecular weight excluding hydrogens is 246 g/mol. The molecule has 1 aliphatic rings. The van der Waals surface area contributed by atoms with Crippen molar-refractivity contribution in [3.8, 4) is 0 Å². The van der Waals surface area contributed by atoms with E-state index in [4.69, 9.17) is 5.73 Å². The quantitative estimate of drug-likeness (QED) is 0.897. The molecule has 0 aliphatic carbocycles. The molecule has 2 N–H and O–H groups in total.